The summed E-state index contributed by atoms with van der Waals surface area (Å²) in [6, 6.07) is 5.55. The summed E-state index contributed by atoms with van der Waals surface area (Å²) >= 11 is 0. The van der Waals surface area contributed by atoms with Crippen LogP contribution in [-0.2, 0) is 6.42 Å². The molecule has 2 N–H and O–H groups in total. The van der Waals surface area contributed by atoms with E-state index in [1.165, 1.54) is 0 Å². The Labute approximate surface area is 109 Å². The summed E-state index contributed by atoms with van der Waals surface area (Å²) in [4.78, 5) is 0. The monoisotopic (exact) mass is 275 g/mol. The van der Waals surface area contributed by atoms with E-state index < -0.39 is 18.9 Å². The van der Waals surface area contributed by atoms with Gasteiger partial charge in [-0.3, -0.25) is 0 Å². The van der Waals surface area contributed by atoms with Crippen LogP contribution in [0.1, 0.15) is 23.6 Å². The van der Waals surface area contributed by atoms with Crippen LogP contribution in [0.2, 0.25) is 0 Å². The highest BCUT2D eigenvalue weighted by Crippen LogP contribution is 2.36. The van der Waals surface area contributed by atoms with Gasteiger partial charge >= 0.3 is 6.18 Å². The van der Waals surface area contributed by atoms with Crippen LogP contribution < -0.4 is 10.1 Å². The molecular formula is C13H16F3NO2. The molecule has 0 aliphatic heterocycles. The summed E-state index contributed by atoms with van der Waals surface area (Å²) < 4.78 is 41.7. The van der Waals surface area contributed by atoms with E-state index in [0.717, 1.165) is 24.0 Å². The van der Waals surface area contributed by atoms with Gasteiger partial charge < -0.3 is 15.2 Å². The van der Waals surface area contributed by atoms with Crippen molar-refractivity contribution in [1.29, 1.82) is 0 Å². The van der Waals surface area contributed by atoms with E-state index in [4.69, 9.17) is 9.84 Å². The van der Waals surface area contributed by atoms with Crippen molar-refractivity contribution in [1.82, 2.24) is 5.32 Å². The molecule has 0 aromatic heterocycles. The van der Waals surface area contributed by atoms with Crippen LogP contribution in [0.4, 0.5) is 13.2 Å². The molecule has 6 heteroatoms. The molecule has 0 bridgehead atoms. The molecule has 2 rings (SSSR count). The summed E-state index contributed by atoms with van der Waals surface area (Å²) in [7, 11) is 1.85. The molecule has 0 heterocycles. The number of alkyl halides is 3. The van der Waals surface area contributed by atoms with E-state index in [0.29, 0.717) is 5.75 Å². The van der Waals surface area contributed by atoms with Crippen LogP contribution in [0.5, 0.6) is 5.75 Å². The number of ether oxygens (including phenoxy) is 1. The van der Waals surface area contributed by atoms with E-state index >= 15 is 0 Å². The Hall–Kier alpha value is -1.27. The second-order valence-electron chi connectivity index (χ2n) is 4.57. The van der Waals surface area contributed by atoms with Gasteiger partial charge in [0, 0.05) is 6.04 Å². The summed E-state index contributed by atoms with van der Waals surface area (Å²) in [5.41, 5.74) is 1.98. The molecule has 1 aliphatic carbocycles. The van der Waals surface area contributed by atoms with Gasteiger partial charge in [-0.05, 0) is 37.1 Å². The lowest BCUT2D eigenvalue weighted by molar-refractivity contribution is -0.210. The highest BCUT2D eigenvalue weighted by Gasteiger charge is 2.39. The van der Waals surface area contributed by atoms with E-state index in [-0.39, 0.29) is 6.04 Å². The van der Waals surface area contributed by atoms with Gasteiger partial charge in [0.25, 0.3) is 0 Å². The Morgan fingerprint density at radius 2 is 2.21 bits per heavy atom. The maximum atomic E-state index is 12.2. The molecule has 1 aromatic rings. The van der Waals surface area contributed by atoms with E-state index in [1.54, 1.807) is 12.1 Å². The van der Waals surface area contributed by atoms with Gasteiger partial charge in [0.1, 0.15) is 12.4 Å². The van der Waals surface area contributed by atoms with Crippen molar-refractivity contribution in [3.8, 4) is 5.75 Å². The third-order valence-corrected chi connectivity index (χ3v) is 3.35. The van der Waals surface area contributed by atoms with Crippen molar-refractivity contribution in [2.45, 2.75) is 31.2 Å². The molecule has 0 saturated carbocycles. The second kappa shape index (κ2) is 5.38. The highest BCUT2D eigenvalue weighted by atomic mass is 19.4. The fraction of sp³-hybridized carbons (Fsp3) is 0.538. The lowest BCUT2D eigenvalue weighted by Crippen LogP contribution is -2.34. The summed E-state index contributed by atoms with van der Waals surface area (Å²) in [6.45, 7) is -0.774. The summed E-state index contributed by atoms with van der Waals surface area (Å²) in [5.74, 6) is 0.429. The molecule has 19 heavy (non-hydrogen) atoms. The molecular weight excluding hydrogens is 259 g/mol. The molecule has 0 amide bonds. The van der Waals surface area contributed by atoms with Crippen LogP contribution >= 0.6 is 0 Å². The molecule has 0 spiro atoms. The first-order valence-electron chi connectivity index (χ1n) is 6.10. The normalized spacial score (nSPS) is 20.2. The van der Waals surface area contributed by atoms with Gasteiger partial charge in [0.05, 0.1) is 0 Å². The molecule has 106 valence electrons. The molecule has 1 aliphatic rings. The number of fused-ring (bicyclic) bond motifs is 1. The zero-order valence-electron chi connectivity index (χ0n) is 10.5. The quantitative estimate of drug-likeness (QED) is 0.885. The van der Waals surface area contributed by atoms with Crippen molar-refractivity contribution in [2.24, 2.45) is 0 Å². The van der Waals surface area contributed by atoms with E-state index in [1.807, 2.05) is 13.1 Å². The number of halogens is 3. The number of aliphatic hydroxyl groups excluding tert-OH is 1. The average molecular weight is 275 g/mol. The van der Waals surface area contributed by atoms with Crippen molar-refractivity contribution in [3.05, 3.63) is 29.3 Å². The molecule has 0 saturated heterocycles. The maximum absolute atomic E-state index is 12.2. The van der Waals surface area contributed by atoms with Gasteiger partial charge in [-0.1, -0.05) is 12.1 Å². The van der Waals surface area contributed by atoms with Crippen LogP contribution in [-0.4, -0.2) is 31.0 Å². The first-order chi connectivity index (χ1) is 8.93. The number of aliphatic hydroxyl groups is 1. The molecule has 3 nitrogen and oxygen atoms in total. The van der Waals surface area contributed by atoms with Crippen LogP contribution in [0.15, 0.2) is 18.2 Å². The van der Waals surface area contributed by atoms with Crippen LogP contribution in [0.25, 0.3) is 0 Å². The van der Waals surface area contributed by atoms with Crippen molar-refractivity contribution < 1.29 is 23.0 Å². The van der Waals surface area contributed by atoms with E-state index in [9.17, 15) is 13.2 Å². The van der Waals surface area contributed by atoms with Crippen molar-refractivity contribution in [3.63, 3.8) is 0 Å². The van der Waals surface area contributed by atoms with Crippen molar-refractivity contribution in [2.75, 3.05) is 13.7 Å². The highest BCUT2D eigenvalue weighted by molar-refractivity contribution is 5.45. The van der Waals surface area contributed by atoms with Gasteiger partial charge in [-0.2, -0.15) is 13.2 Å². The predicted molar refractivity (Wildman–Crippen MR) is 64.1 cm³/mol. The smallest absolute Gasteiger partial charge is 0.417 e. The van der Waals surface area contributed by atoms with Gasteiger partial charge in [0.15, 0.2) is 6.10 Å². The Bertz CT molecular complexity index is 448. The van der Waals surface area contributed by atoms with Gasteiger partial charge in [0.2, 0.25) is 0 Å². The Morgan fingerprint density at radius 3 is 2.84 bits per heavy atom. The topological polar surface area (TPSA) is 41.5 Å². The first-order valence-corrected chi connectivity index (χ1v) is 6.10. The van der Waals surface area contributed by atoms with Crippen LogP contribution in [0.3, 0.4) is 0 Å². The molecule has 0 radical (unpaired) electrons. The Morgan fingerprint density at radius 1 is 1.47 bits per heavy atom. The standard InChI is InChI=1S/C13H16F3NO2/c1-17-10-6-5-9-8(10)3-2-4-11(9)19-7-12(18)13(14,15)16/h2-4,10,12,17-18H,5-7H2,1H3. The van der Waals surface area contributed by atoms with Gasteiger partial charge in [-0.25, -0.2) is 0 Å². The first kappa shape index (κ1) is 14.1. The average Bonchev–Trinajstić information content (AvgIpc) is 2.78. The summed E-state index contributed by atoms with van der Waals surface area (Å²) in [5, 5.41) is 12.1. The minimum atomic E-state index is -4.65. The number of hydrogen-bond acceptors (Lipinski definition) is 3. The minimum Gasteiger partial charge on any atom is -0.490 e. The fourth-order valence-corrected chi connectivity index (χ4v) is 2.32. The molecule has 1 aromatic carbocycles. The Kier molecular flexibility index (Phi) is 4.01. The lowest BCUT2D eigenvalue weighted by atomic mass is 10.1. The van der Waals surface area contributed by atoms with Crippen molar-refractivity contribution >= 4 is 0 Å². The summed E-state index contributed by atoms with van der Waals surface area (Å²) in [6.07, 6.45) is -5.44. The Balaban J connectivity index is 2.09. The van der Waals surface area contributed by atoms with Gasteiger partial charge in [-0.15, -0.1) is 0 Å². The van der Waals surface area contributed by atoms with Crippen LogP contribution in [0, 0.1) is 0 Å². The number of hydrogen-bond donors (Lipinski definition) is 2. The largest absolute Gasteiger partial charge is 0.490 e. The second-order valence-corrected chi connectivity index (χ2v) is 4.57. The maximum Gasteiger partial charge on any atom is 0.417 e. The third-order valence-electron chi connectivity index (χ3n) is 3.35. The number of rotatable bonds is 4. The predicted octanol–water partition coefficient (Wildman–Crippen LogP) is 2.20. The number of nitrogens with one attached hydrogen (secondary N) is 1. The third kappa shape index (κ3) is 3.01. The lowest BCUT2D eigenvalue weighted by Gasteiger charge is -2.17. The number of benzene rings is 1. The minimum absolute atomic E-state index is 0.214. The zero-order chi connectivity index (χ0) is 14.0. The molecule has 0 fully saturated rings. The molecule has 2 unspecified atom stereocenters. The fourth-order valence-electron chi connectivity index (χ4n) is 2.32. The van der Waals surface area contributed by atoms with E-state index in [2.05, 4.69) is 5.32 Å². The SMILES string of the molecule is CNC1CCc2c(OCC(O)C(F)(F)F)cccc21. The molecule has 2 atom stereocenters. The zero-order valence-corrected chi connectivity index (χ0v) is 10.5.